The third-order valence-corrected chi connectivity index (χ3v) is 4.18. The topological polar surface area (TPSA) is 69.6 Å². The van der Waals surface area contributed by atoms with Gasteiger partial charge < -0.3 is 15.5 Å². The highest BCUT2D eigenvalue weighted by molar-refractivity contribution is 5.67. The minimum absolute atomic E-state index is 0.0675. The molecule has 0 radical (unpaired) electrons. The molecular weight excluding hydrogens is 266 g/mol. The molecule has 2 unspecified atom stereocenters. The van der Waals surface area contributed by atoms with Gasteiger partial charge >= 0.3 is 5.97 Å². The number of aliphatic hydroxyl groups is 1. The minimum Gasteiger partial charge on any atom is -0.481 e. The largest absolute Gasteiger partial charge is 0.481 e. The first-order valence-corrected chi connectivity index (χ1v) is 7.86. The van der Waals surface area contributed by atoms with Gasteiger partial charge in [0.15, 0.2) is 0 Å². The molecule has 0 fully saturated rings. The third kappa shape index (κ3) is 4.29. The molecule has 0 heterocycles. The van der Waals surface area contributed by atoms with Crippen LogP contribution in [-0.4, -0.2) is 28.8 Å². The molecule has 1 aliphatic carbocycles. The molecule has 1 aromatic rings. The molecule has 4 heteroatoms. The SMILES string of the molecule is CCCCNC(CC(=O)O)C(O)c1ccc2c(c1)CCC2. The lowest BCUT2D eigenvalue weighted by Crippen LogP contribution is -2.37. The van der Waals surface area contributed by atoms with Crippen LogP contribution in [0, 0.1) is 0 Å². The van der Waals surface area contributed by atoms with Crippen LogP contribution in [0.5, 0.6) is 0 Å². The Morgan fingerprint density at radius 1 is 1.33 bits per heavy atom. The average molecular weight is 291 g/mol. The summed E-state index contributed by atoms with van der Waals surface area (Å²) in [5.41, 5.74) is 3.49. The van der Waals surface area contributed by atoms with Gasteiger partial charge in [0.2, 0.25) is 0 Å². The Morgan fingerprint density at radius 3 is 2.81 bits per heavy atom. The highest BCUT2D eigenvalue weighted by atomic mass is 16.4. The maximum Gasteiger partial charge on any atom is 0.305 e. The predicted molar refractivity (Wildman–Crippen MR) is 82.4 cm³/mol. The van der Waals surface area contributed by atoms with Gasteiger partial charge in [0, 0.05) is 6.04 Å². The summed E-state index contributed by atoms with van der Waals surface area (Å²) in [5, 5.41) is 22.8. The summed E-state index contributed by atoms with van der Waals surface area (Å²) in [6.07, 6.45) is 4.52. The van der Waals surface area contributed by atoms with E-state index in [9.17, 15) is 9.90 Å². The lowest BCUT2D eigenvalue weighted by atomic mass is 9.96. The second kappa shape index (κ2) is 7.57. The van der Waals surface area contributed by atoms with Crippen molar-refractivity contribution in [2.45, 2.75) is 57.6 Å². The lowest BCUT2D eigenvalue weighted by Gasteiger charge is -2.23. The summed E-state index contributed by atoms with van der Waals surface area (Å²) in [7, 11) is 0. The smallest absolute Gasteiger partial charge is 0.305 e. The van der Waals surface area contributed by atoms with E-state index >= 15 is 0 Å². The number of nitrogens with one attached hydrogen (secondary N) is 1. The maximum absolute atomic E-state index is 11.0. The summed E-state index contributed by atoms with van der Waals surface area (Å²) in [4.78, 5) is 11.0. The monoisotopic (exact) mass is 291 g/mol. The summed E-state index contributed by atoms with van der Waals surface area (Å²) < 4.78 is 0. The lowest BCUT2D eigenvalue weighted by molar-refractivity contribution is -0.138. The number of aryl methyl sites for hydroxylation is 2. The van der Waals surface area contributed by atoms with Gasteiger partial charge in [0.05, 0.1) is 12.5 Å². The second-order valence-electron chi connectivity index (χ2n) is 5.84. The van der Waals surface area contributed by atoms with E-state index < -0.39 is 18.1 Å². The summed E-state index contributed by atoms with van der Waals surface area (Å²) in [5.74, 6) is -0.885. The van der Waals surface area contributed by atoms with E-state index in [1.165, 1.54) is 17.5 Å². The minimum atomic E-state index is -0.885. The number of aliphatic hydroxyl groups excluding tert-OH is 1. The molecule has 1 aliphatic rings. The number of carboxylic acids is 1. The van der Waals surface area contributed by atoms with Crippen LogP contribution in [0.2, 0.25) is 0 Å². The molecule has 0 saturated carbocycles. The van der Waals surface area contributed by atoms with Crippen molar-refractivity contribution in [1.82, 2.24) is 5.32 Å². The number of carbonyl (C=O) groups is 1. The molecule has 0 amide bonds. The van der Waals surface area contributed by atoms with Gasteiger partial charge in [-0.3, -0.25) is 4.79 Å². The van der Waals surface area contributed by atoms with Crippen molar-refractivity contribution >= 4 is 5.97 Å². The van der Waals surface area contributed by atoms with Gasteiger partial charge in [-0.1, -0.05) is 31.5 Å². The first kappa shape index (κ1) is 16.0. The van der Waals surface area contributed by atoms with Crippen molar-refractivity contribution in [3.8, 4) is 0 Å². The quantitative estimate of drug-likeness (QED) is 0.643. The number of hydrogen-bond donors (Lipinski definition) is 3. The predicted octanol–water partition coefficient (Wildman–Crippen LogP) is 2.44. The number of carboxylic acid groups (broad SMARTS) is 1. The van der Waals surface area contributed by atoms with E-state index in [2.05, 4.69) is 18.3 Å². The second-order valence-corrected chi connectivity index (χ2v) is 5.84. The van der Waals surface area contributed by atoms with Crippen LogP contribution >= 0.6 is 0 Å². The maximum atomic E-state index is 11.0. The third-order valence-electron chi connectivity index (χ3n) is 4.18. The molecule has 2 atom stereocenters. The van der Waals surface area contributed by atoms with Crippen LogP contribution in [0.15, 0.2) is 18.2 Å². The van der Waals surface area contributed by atoms with Gasteiger partial charge in [-0.2, -0.15) is 0 Å². The summed E-state index contributed by atoms with van der Waals surface area (Å²) in [6.45, 7) is 2.82. The number of rotatable bonds is 8. The van der Waals surface area contributed by atoms with Gasteiger partial charge in [-0.05, 0) is 48.9 Å². The van der Waals surface area contributed by atoms with Crippen molar-refractivity contribution in [3.05, 3.63) is 34.9 Å². The molecule has 3 N–H and O–H groups in total. The molecule has 1 aromatic carbocycles. The van der Waals surface area contributed by atoms with Crippen LogP contribution in [0.4, 0.5) is 0 Å². The van der Waals surface area contributed by atoms with Crippen molar-refractivity contribution in [1.29, 1.82) is 0 Å². The zero-order valence-corrected chi connectivity index (χ0v) is 12.6. The standard InChI is InChI=1S/C17H25NO3/c1-2-3-9-18-15(11-16(19)20)17(21)14-8-7-12-5-4-6-13(12)10-14/h7-8,10,15,17-18,21H,2-6,9,11H2,1H3,(H,19,20). The van der Waals surface area contributed by atoms with Gasteiger partial charge in [-0.25, -0.2) is 0 Å². The number of hydrogen-bond acceptors (Lipinski definition) is 3. The molecular formula is C17H25NO3. The van der Waals surface area contributed by atoms with Crippen LogP contribution in [0.25, 0.3) is 0 Å². The van der Waals surface area contributed by atoms with Gasteiger partial charge in [0.25, 0.3) is 0 Å². The first-order chi connectivity index (χ1) is 10.1. The zero-order valence-electron chi connectivity index (χ0n) is 12.6. The molecule has 0 saturated heterocycles. The van der Waals surface area contributed by atoms with Crippen molar-refractivity contribution in [2.75, 3.05) is 6.54 Å². The Morgan fingerprint density at radius 2 is 2.10 bits per heavy atom. The Balaban J connectivity index is 2.08. The summed E-state index contributed by atoms with van der Waals surface area (Å²) in [6, 6.07) is 5.62. The van der Waals surface area contributed by atoms with Crippen LogP contribution in [0.3, 0.4) is 0 Å². The Labute approximate surface area is 126 Å². The highest BCUT2D eigenvalue weighted by Gasteiger charge is 2.24. The van der Waals surface area contributed by atoms with Crippen molar-refractivity contribution in [3.63, 3.8) is 0 Å². The first-order valence-electron chi connectivity index (χ1n) is 7.86. The molecule has 0 aliphatic heterocycles. The van der Waals surface area contributed by atoms with E-state index in [4.69, 9.17) is 5.11 Å². The van der Waals surface area contributed by atoms with E-state index in [1.807, 2.05) is 12.1 Å². The van der Waals surface area contributed by atoms with E-state index in [1.54, 1.807) is 0 Å². The molecule has 4 nitrogen and oxygen atoms in total. The summed E-state index contributed by atoms with van der Waals surface area (Å²) >= 11 is 0. The van der Waals surface area contributed by atoms with Crippen LogP contribution in [0.1, 0.15) is 55.4 Å². The van der Waals surface area contributed by atoms with Crippen LogP contribution < -0.4 is 5.32 Å². The van der Waals surface area contributed by atoms with Crippen LogP contribution in [-0.2, 0) is 17.6 Å². The molecule has 0 aromatic heterocycles. The van der Waals surface area contributed by atoms with Crippen molar-refractivity contribution in [2.24, 2.45) is 0 Å². The molecule has 116 valence electrons. The number of benzene rings is 1. The molecule has 21 heavy (non-hydrogen) atoms. The molecule has 2 rings (SSSR count). The zero-order chi connectivity index (χ0) is 15.2. The fourth-order valence-electron chi connectivity index (χ4n) is 2.96. The number of fused-ring (bicyclic) bond motifs is 1. The van der Waals surface area contributed by atoms with E-state index in [-0.39, 0.29) is 6.42 Å². The Bertz CT molecular complexity index is 487. The van der Waals surface area contributed by atoms with Gasteiger partial charge in [-0.15, -0.1) is 0 Å². The van der Waals surface area contributed by atoms with E-state index in [0.29, 0.717) is 0 Å². The fourth-order valence-corrected chi connectivity index (χ4v) is 2.96. The van der Waals surface area contributed by atoms with Gasteiger partial charge in [0.1, 0.15) is 0 Å². The Hall–Kier alpha value is -1.39. The fraction of sp³-hybridized carbons (Fsp3) is 0.588. The molecule has 0 bridgehead atoms. The number of aliphatic carboxylic acids is 1. The highest BCUT2D eigenvalue weighted by Crippen LogP contribution is 2.27. The van der Waals surface area contributed by atoms with Crippen molar-refractivity contribution < 1.29 is 15.0 Å². The number of unbranched alkanes of at least 4 members (excludes halogenated alkanes) is 1. The van der Waals surface area contributed by atoms with E-state index in [0.717, 1.165) is 37.8 Å². The Kier molecular flexibility index (Phi) is 5.76. The normalized spacial score (nSPS) is 16.5. The average Bonchev–Trinajstić information content (AvgIpc) is 2.92. The molecule has 0 spiro atoms.